The van der Waals surface area contributed by atoms with Gasteiger partial charge in [-0.1, -0.05) is 111 Å². The van der Waals surface area contributed by atoms with Gasteiger partial charge in [0.1, 0.15) is 0 Å². The van der Waals surface area contributed by atoms with Crippen LogP contribution in [0.5, 0.6) is 0 Å². The van der Waals surface area contributed by atoms with Crippen LogP contribution in [0.15, 0.2) is 0 Å². The minimum Gasteiger partial charge on any atom is -0.300 e. The maximum Gasteiger partial charge on any atom is 0.00952 e. The second kappa shape index (κ2) is 20.3. The van der Waals surface area contributed by atoms with Crippen LogP contribution in [0.4, 0.5) is 0 Å². The number of nitrogens with zero attached hydrogens (tertiary/aromatic N) is 1. The lowest BCUT2D eigenvalue weighted by Crippen LogP contribution is -2.37. The third-order valence-electron chi connectivity index (χ3n) is 5.65. The SMILES string of the molecule is CCCCCCCCCC(CCCC)N(CCCC)CCCCCC. The van der Waals surface area contributed by atoms with E-state index in [0.29, 0.717) is 0 Å². The largest absolute Gasteiger partial charge is 0.300 e. The van der Waals surface area contributed by atoms with Gasteiger partial charge >= 0.3 is 0 Å². The Morgan fingerprint density at radius 2 is 0.880 bits per heavy atom. The molecule has 0 aliphatic heterocycles. The van der Waals surface area contributed by atoms with Crippen LogP contribution in [-0.4, -0.2) is 24.0 Å². The average Bonchev–Trinajstić information content (AvgIpc) is 2.63. The average molecular weight is 354 g/mol. The molecule has 0 aromatic heterocycles. The molecule has 0 bridgehead atoms. The quantitative estimate of drug-likeness (QED) is 0.199. The van der Waals surface area contributed by atoms with Gasteiger partial charge < -0.3 is 4.90 Å². The van der Waals surface area contributed by atoms with Crippen LogP contribution in [0.25, 0.3) is 0 Å². The van der Waals surface area contributed by atoms with Gasteiger partial charge in [-0.2, -0.15) is 0 Å². The zero-order valence-corrected chi connectivity index (χ0v) is 18.5. The smallest absolute Gasteiger partial charge is 0.00952 e. The van der Waals surface area contributed by atoms with Crippen molar-refractivity contribution in [1.29, 1.82) is 0 Å². The highest BCUT2D eigenvalue weighted by molar-refractivity contribution is 4.72. The molecule has 0 aliphatic rings. The Labute approximate surface area is 161 Å². The molecule has 0 aromatic carbocycles. The zero-order chi connectivity index (χ0) is 18.6. The van der Waals surface area contributed by atoms with E-state index in [-0.39, 0.29) is 0 Å². The fraction of sp³-hybridized carbons (Fsp3) is 1.00. The summed E-state index contributed by atoms with van der Waals surface area (Å²) in [7, 11) is 0. The van der Waals surface area contributed by atoms with Crippen molar-refractivity contribution < 1.29 is 0 Å². The number of hydrogen-bond donors (Lipinski definition) is 0. The van der Waals surface area contributed by atoms with E-state index in [1.807, 2.05) is 0 Å². The first kappa shape index (κ1) is 25.0. The topological polar surface area (TPSA) is 3.24 Å². The summed E-state index contributed by atoms with van der Waals surface area (Å²) < 4.78 is 0. The van der Waals surface area contributed by atoms with E-state index in [2.05, 4.69) is 32.6 Å². The molecule has 1 atom stereocenters. The third kappa shape index (κ3) is 15.9. The molecule has 1 heteroatoms. The van der Waals surface area contributed by atoms with Crippen molar-refractivity contribution >= 4 is 0 Å². The highest BCUT2D eigenvalue weighted by Gasteiger charge is 2.17. The van der Waals surface area contributed by atoms with Gasteiger partial charge in [0.15, 0.2) is 0 Å². The summed E-state index contributed by atoms with van der Waals surface area (Å²) in [6, 6.07) is 0.865. The van der Waals surface area contributed by atoms with Crippen molar-refractivity contribution in [3.8, 4) is 0 Å². The van der Waals surface area contributed by atoms with Crippen molar-refractivity contribution in [2.24, 2.45) is 0 Å². The number of unbranched alkanes of at least 4 members (excludes halogenated alkanes) is 11. The molecule has 1 unspecified atom stereocenters. The first-order valence-electron chi connectivity index (χ1n) is 12.0. The Bertz CT molecular complexity index is 238. The zero-order valence-electron chi connectivity index (χ0n) is 18.5. The minimum atomic E-state index is 0.865. The molecule has 1 nitrogen and oxygen atoms in total. The molecule has 0 aliphatic carbocycles. The maximum absolute atomic E-state index is 2.88. The predicted molar refractivity (Wildman–Crippen MR) is 117 cm³/mol. The van der Waals surface area contributed by atoms with Gasteiger partial charge in [0.25, 0.3) is 0 Å². The highest BCUT2D eigenvalue weighted by atomic mass is 15.1. The van der Waals surface area contributed by atoms with E-state index >= 15 is 0 Å². The van der Waals surface area contributed by atoms with Crippen LogP contribution in [0, 0.1) is 0 Å². The van der Waals surface area contributed by atoms with Crippen LogP contribution in [-0.2, 0) is 0 Å². The second-order valence-electron chi connectivity index (χ2n) is 8.16. The van der Waals surface area contributed by atoms with Crippen LogP contribution in [0.3, 0.4) is 0 Å². The Morgan fingerprint density at radius 3 is 1.48 bits per heavy atom. The van der Waals surface area contributed by atoms with Crippen LogP contribution >= 0.6 is 0 Å². The summed E-state index contributed by atoms with van der Waals surface area (Å²) in [6.07, 6.45) is 24.1. The fourth-order valence-electron chi connectivity index (χ4n) is 3.87. The summed E-state index contributed by atoms with van der Waals surface area (Å²) in [5.74, 6) is 0. The lowest BCUT2D eigenvalue weighted by atomic mass is 9.99. The lowest BCUT2D eigenvalue weighted by molar-refractivity contribution is 0.165. The predicted octanol–water partition coefficient (Wildman–Crippen LogP) is 8.37. The molecular formula is C24H51N. The summed E-state index contributed by atoms with van der Waals surface area (Å²) >= 11 is 0. The molecule has 0 N–H and O–H groups in total. The van der Waals surface area contributed by atoms with Crippen molar-refractivity contribution in [2.75, 3.05) is 13.1 Å². The van der Waals surface area contributed by atoms with E-state index in [1.165, 1.54) is 122 Å². The molecule has 0 rings (SSSR count). The van der Waals surface area contributed by atoms with Crippen molar-refractivity contribution in [1.82, 2.24) is 4.90 Å². The van der Waals surface area contributed by atoms with E-state index in [9.17, 15) is 0 Å². The van der Waals surface area contributed by atoms with E-state index in [0.717, 1.165) is 6.04 Å². The van der Waals surface area contributed by atoms with Gasteiger partial charge in [0.05, 0.1) is 0 Å². The Kier molecular flexibility index (Phi) is 20.2. The van der Waals surface area contributed by atoms with Gasteiger partial charge in [0, 0.05) is 6.04 Å². The van der Waals surface area contributed by atoms with Gasteiger partial charge in [-0.3, -0.25) is 0 Å². The minimum absolute atomic E-state index is 0.865. The molecule has 0 saturated carbocycles. The molecule has 0 heterocycles. The summed E-state index contributed by atoms with van der Waals surface area (Å²) in [4.78, 5) is 2.88. The third-order valence-corrected chi connectivity index (χ3v) is 5.65. The van der Waals surface area contributed by atoms with Crippen LogP contribution in [0.2, 0.25) is 0 Å². The Hall–Kier alpha value is -0.0400. The second-order valence-corrected chi connectivity index (χ2v) is 8.16. The van der Waals surface area contributed by atoms with Gasteiger partial charge in [-0.15, -0.1) is 0 Å². The first-order valence-corrected chi connectivity index (χ1v) is 12.0. The van der Waals surface area contributed by atoms with Gasteiger partial charge in [0.2, 0.25) is 0 Å². The summed E-state index contributed by atoms with van der Waals surface area (Å²) in [5, 5.41) is 0. The van der Waals surface area contributed by atoms with Crippen LogP contribution in [0.1, 0.15) is 137 Å². The van der Waals surface area contributed by atoms with Gasteiger partial charge in [-0.05, 0) is 38.8 Å². The lowest BCUT2D eigenvalue weighted by Gasteiger charge is -2.32. The van der Waals surface area contributed by atoms with Crippen molar-refractivity contribution in [2.45, 2.75) is 143 Å². The highest BCUT2D eigenvalue weighted by Crippen LogP contribution is 2.19. The number of rotatable bonds is 20. The molecule has 0 spiro atoms. The monoisotopic (exact) mass is 353 g/mol. The van der Waals surface area contributed by atoms with Gasteiger partial charge in [-0.25, -0.2) is 0 Å². The molecular weight excluding hydrogens is 302 g/mol. The van der Waals surface area contributed by atoms with E-state index in [4.69, 9.17) is 0 Å². The summed E-state index contributed by atoms with van der Waals surface area (Å²) in [6.45, 7) is 12.0. The molecule has 0 amide bonds. The fourth-order valence-corrected chi connectivity index (χ4v) is 3.87. The number of hydrogen-bond acceptors (Lipinski definition) is 1. The van der Waals surface area contributed by atoms with Crippen molar-refractivity contribution in [3.63, 3.8) is 0 Å². The first-order chi connectivity index (χ1) is 12.3. The molecule has 25 heavy (non-hydrogen) atoms. The summed E-state index contributed by atoms with van der Waals surface area (Å²) in [5.41, 5.74) is 0. The normalized spacial score (nSPS) is 12.8. The van der Waals surface area contributed by atoms with Crippen LogP contribution < -0.4 is 0 Å². The molecule has 0 saturated heterocycles. The van der Waals surface area contributed by atoms with E-state index in [1.54, 1.807) is 0 Å². The standard InChI is InChI=1S/C24H51N/c1-5-9-13-15-16-17-18-21-24(20-11-7-3)25(22-12-8-4)23-19-14-10-6-2/h24H,5-23H2,1-4H3. The molecule has 0 aromatic rings. The Balaban J connectivity index is 4.24. The Morgan fingerprint density at radius 1 is 0.440 bits per heavy atom. The molecule has 152 valence electrons. The van der Waals surface area contributed by atoms with Crippen molar-refractivity contribution in [3.05, 3.63) is 0 Å². The molecule has 0 fully saturated rings. The maximum atomic E-state index is 2.88. The molecule has 0 radical (unpaired) electrons. The van der Waals surface area contributed by atoms with E-state index < -0.39 is 0 Å².